The summed E-state index contributed by atoms with van der Waals surface area (Å²) in [5, 5.41) is 23.9. The molecule has 3 aromatic rings. The maximum absolute atomic E-state index is 12.3. The van der Waals surface area contributed by atoms with Gasteiger partial charge in [0.1, 0.15) is 17.2 Å². The van der Waals surface area contributed by atoms with Gasteiger partial charge >= 0.3 is 6.09 Å². The molecule has 0 spiro atoms. The predicted molar refractivity (Wildman–Crippen MR) is 128 cm³/mol. The van der Waals surface area contributed by atoms with Gasteiger partial charge in [0.2, 0.25) is 5.91 Å². The first-order chi connectivity index (χ1) is 16.1. The molecule has 1 atom stereocenters. The van der Waals surface area contributed by atoms with Gasteiger partial charge in [0.15, 0.2) is 0 Å². The number of carbonyl (C=O) groups is 2. The van der Waals surface area contributed by atoms with Gasteiger partial charge in [-0.05, 0) is 59.9 Å². The van der Waals surface area contributed by atoms with E-state index in [4.69, 9.17) is 4.74 Å². The van der Waals surface area contributed by atoms with Crippen molar-refractivity contribution in [2.45, 2.75) is 45.4 Å². The number of hydrogen-bond donors (Lipinski definition) is 2. The fourth-order valence-corrected chi connectivity index (χ4v) is 5.60. The molecule has 3 heterocycles. The van der Waals surface area contributed by atoms with Gasteiger partial charge in [-0.1, -0.05) is 0 Å². The molecule has 0 fully saturated rings. The zero-order chi connectivity index (χ0) is 23.2. The third-order valence-corrected chi connectivity index (χ3v) is 7.20. The van der Waals surface area contributed by atoms with Crippen molar-refractivity contribution >= 4 is 45.8 Å². The second-order valence-electron chi connectivity index (χ2n) is 7.46. The summed E-state index contributed by atoms with van der Waals surface area (Å²) in [5.41, 5.74) is 3.30. The molecule has 1 aliphatic carbocycles. The standard InChI is InChI=1S/C23H23N5O3S2/c1-2-28-16(7-9-26-28)13-25-23(30)31-17-4-5-18-19(12-24)22(33-20(18)11-17)27-21(29)6-3-15-8-10-32-14-15/h3,6-10,14,17H,2,4-5,11,13H2,1H3,(H,25,30)(H,27,29)/b6-3+. The van der Waals surface area contributed by atoms with Crippen molar-refractivity contribution in [1.29, 1.82) is 5.26 Å². The molecule has 0 saturated heterocycles. The van der Waals surface area contributed by atoms with Crippen molar-refractivity contribution in [3.8, 4) is 6.07 Å². The second kappa shape index (κ2) is 10.5. The SMILES string of the molecule is CCn1nccc1CNC(=O)OC1CCc2c(sc(NC(=O)/C=C/c3ccsc3)c2C#N)C1. The zero-order valence-electron chi connectivity index (χ0n) is 18.0. The van der Waals surface area contributed by atoms with Crippen LogP contribution in [0.15, 0.2) is 35.2 Å². The van der Waals surface area contributed by atoms with E-state index in [9.17, 15) is 14.9 Å². The van der Waals surface area contributed by atoms with Crippen LogP contribution in [-0.2, 0) is 35.5 Å². The van der Waals surface area contributed by atoms with Crippen LogP contribution >= 0.6 is 22.7 Å². The van der Waals surface area contributed by atoms with E-state index in [0.717, 1.165) is 28.2 Å². The smallest absolute Gasteiger partial charge is 0.407 e. The minimum Gasteiger partial charge on any atom is -0.446 e. The third kappa shape index (κ3) is 5.50. The van der Waals surface area contributed by atoms with Gasteiger partial charge in [-0.2, -0.15) is 21.7 Å². The lowest BCUT2D eigenvalue weighted by Gasteiger charge is -2.22. The van der Waals surface area contributed by atoms with Crippen LogP contribution in [0, 0.1) is 11.3 Å². The quantitative estimate of drug-likeness (QED) is 0.488. The summed E-state index contributed by atoms with van der Waals surface area (Å²) >= 11 is 2.94. The van der Waals surface area contributed by atoms with Crippen LogP contribution in [0.2, 0.25) is 0 Å². The van der Waals surface area contributed by atoms with Crippen LogP contribution < -0.4 is 10.6 Å². The maximum atomic E-state index is 12.3. The number of aromatic nitrogens is 2. The van der Waals surface area contributed by atoms with Crippen LogP contribution in [0.1, 0.15) is 40.6 Å². The number of carbonyl (C=O) groups excluding carboxylic acids is 2. The molecule has 2 amide bonds. The van der Waals surface area contributed by atoms with Crippen LogP contribution in [0.4, 0.5) is 9.80 Å². The predicted octanol–water partition coefficient (Wildman–Crippen LogP) is 4.33. The lowest BCUT2D eigenvalue weighted by atomic mass is 9.94. The first kappa shape index (κ1) is 22.8. The molecule has 33 heavy (non-hydrogen) atoms. The van der Waals surface area contributed by atoms with Crippen molar-refractivity contribution in [3.05, 3.63) is 62.4 Å². The zero-order valence-corrected chi connectivity index (χ0v) is 19.7. The highest BCUT2D eigenvalue weighted by Crippen LogP contribution is 2.38. The lowest BCUT2D eigenvalue weighted by Crippen LogP contribution is -2.32. The van der Waals surface area contributed by atoms with E-state index in [0.29, 0.717) is 36.4 Å². The normalized spacial score (nSPS) is 15.1. The summed E-state index contributed by atoms with van der Waals surface area (Å²) in [7, 11) is 0. The number of nitriles is 1. The fourth-order valence-electron chi connectivity index (χ4n) is 3.71. The van der Waals surface area contributed by atoms with Crippen LogP contribution in [0.25, 0.3) is 6.08 Å². The Morgan fingerprint density at radius 1 is 1.42 bits per heavy atom. The molecule has 8 nitrogen and oxygen atoms in total. The summed E-state index contributed by atoms with van der Waals surface area (Å²) in [6.07, 6.45) is 5.92. The van der Waals surface area contributed by atoms with Gasteiger partial charge in [0.05, 0.1) is 17.8 Å². The Hall–Kier alpha value is -3.42. The number of rotatable bonds is 7. The molecule has 0 bridgehead atoms. The summed E-state index contributed by atoms with van der Waals surface area (Å²) < 4.78 is 7.42. The molecular weight excluding hydrogens is 458 g/mol. The first-order valence-electron chi connectivity index (χ1n) is 10.6. The largest absolute Gasteiger partial charge is 0.446 e. The molecule has 4 rings (SSSR count). The Balaban J connectivity index is 1.35. The number of alkyl carbamates (subject to hydrolysis) is 1. The number of thiophene rings is 2. The molecule has 1 aliphatic rings. The molecule has 0 aromatic carbocycles. The number of amides is 2. The van der Waals surface area contributed by atoms with Crippen molar-refractivity contribution in [1.82, 2.24) is 15.1 Å². The van der Waals surface area contributed by atoms with E-state index < -0.39 is 6.09 Å². The van der Waals surface area contributed by atoms with Gasteiger partial charge < -0.3 is 15.4 Å². The van der Waals surface area contributed by atoms with Gasteiger partial charge in [-0.3, -0.25) is 9.48 Å². The third-order valence-electron chi connectivity index (χ3n) is 5.33. The van der Waals surface area contributed by atoms with Crippen molar-refractivity contribution in [2.24, 2.45) is 0 Å². The summed E-state index contributed by atoms with van der Waals surface area (Å²) in [5.74, 6) is -0.283. The fraction of sp³-hybridized carbons (Fsp3) is 0.304. The Kier molecular flexibility index (Phi) is 7.22. The number of fused-ring (bicyclic) bond motifs is 1. The number of nitrogens with one attached hydrogen (secondary N) is 2. The number of hydrogen-bond acceptors (Lipinski definition) is 7. The molecule has 1 unspecified atom stereocenters. The Labute approximate surface area is 199 Å². The molecule has 0 aliphatic heterocycles. The Morgan fingerprint density at radius 2 is 2.30 bits per heavy atom. The van der Waals surface area contributed by atoms with E-state index in [1.165, 1.54) is 17.4 Å². The van der Waals surface area contributed by atoms with E-state index in [1.807, 2.05) is 34.5 Å². The van der Waals surface area contributed by atoms with Crippen molar-refractivity contribution in [2.75, 3.05) is 5.32 Å². The summed E-state index contributed by atoms with van der Waals surface area (Å²) in [6.45, 7) is 3.06. The number of ether oxygens (including phenoxy) is 1. The number of aryl methyl sites for hydroxylation is 1. The lowest BCUT2D eigenvalue weighted by molar-refractivity contribution is -0.111. The van der Waals surface area contributed by atoms with Crippen LogP contribution in [-0.4, -0.2) is 27.9 Å². The van der Waals surface area contributed by atoms with E-state index in [2.05, 4.69) is 21.8 Å². The molecule has 2 N–H and O–H groups in total. The second-order valence-corrected chi connectivity index (χ2v) is 9.35. The topological polar surface area (TPSA) is 109 Å². The maximum Gasteiger partial charge on any atom is 0.407 e. The molecule has 0 saturated carbocycles. The highest BCUT2D eigenvalue weighted by Gasteiger charge is 2.28. The molecule has 0 radical (unpaired) electrons. The van der Waals surface area contributed by atoms with E-state index in [-0.39, 0.29) is 12.0 Å². The molecule has 170 valence electrons. The first-order valence-corrected chi connectivity index (χ1v) is 12.3. The van der Waals surface area contributed by atoms with Gasteiger partial charge in [0, 0.05) is 30.1 Å². The highest BCUT2D eigenvalue weighted by molar-refractivity contribution is 7.16. The summed E-state index contributed by atoms with van der Waals surface area (Å²) in [4.78, 5) is 25.6. The minimum atomic E-state index is -0.476. The van der Waals surface area contributed by atoms with Crippen molar-refractivity contribution in [3.63, 3.8) is 0 Å². The Bertz CT molecular complexity index is 1200. The average Bonchev–Trinajstić information content (AvgIpc) is 3.55. The molecular formula is C23H23N5O3S2. The van der Waals surface area contributed by atoms with Gasteiger partial charge in [0.25, 0.3) is 0 Å². The van der Waals surface area contributed by atoms with Crippen LogP contribution in [0.5, 0.6) is 0 Å². The average molecular weight is 482 g/mol. The number of anilines is 1. The van der Waals surface area contributed by atoms with Crippen molar-refractivity contribution < 1.29 is 14.3 Å². The minimum absolute atomic E-state index is 0.277. The van der Waals surface area contributed by atoms with E-state index >= 15 is 0 Å². The highest BCUT2D eigenvalue weighted by atomic mass is 32.1. The Morgan fingerprint density at radius 3 is 3.06 bits per heavy atom. The summed E-state index contributed by atoms with van der Waals surface area (Å²) in [6, 6.07) is 6.01. The molecule has 10 heteroatoms. The number of nitrogens with zero attached hydrogens (tertiary/aromatic N) is 3. The van der Waals surface area contributed by atoms with Gasteiger partial charge in [-0.15, -0.1) is 11.3 Å². The van der Waals surface area contributed by atoms with Gasteiger partial charge in [-0.25, -0.2) is 4.79 Å². The van der Waals surface area contributed by atoms with Crippen LogP contribution in [0.3, 0.4) is 0 Å². The van der Waals surface area contributed by atoms with E-state index in [1.54, 1.807) is 23.6 Å². The molecule has 3 aromatic heterocycles. The monoisotopic (exact) mass is 481 g/mol.